The Morgan fingerprint density at radius 2 is 2.33 bits per heavy atom. The highest BCUT2D eigenvalue weighted by Crippen LogP contribution is 2.20. The van der Waals surface area contributed by atoms with Crippen molar-refractivity contribution in [2.45, 2.75) is 6.54 Å². The SMILES string of the molecule is NCc1c(F)cccc1OCCN1CCNC1=O. The first-order valence-electron chi connectivity index (χ1n) is 5.85. The normalized spacial score (nSPS) is 14.8. The number of nitrogens with zero attached hydrogens (tertiary/aromatic N) is 1. The van der Waals surface area contributed by atoms with Gasteiger partial charge in [-0.1, -0.05) is 6.07 Å². The predicted octanol–water partition coefficient (Wildman–Crippen LogP) is 0.688. The third-order valence-corrected chi connectivity index (χ3v) is 2.84. The standard InChI is InChI=1S/C12H16FN3O2/c13-10-2-1-3-11(9(10)8-14)18-7-6-16-5-4-15-12(16)17/h1-3H,4-8,14H2,(H,15,17). The van der Waals surface area contributed by atoms with E-state index in [0.29, 0.717) is 37.6 Å². The molecule has 6 heteroatoms. The van der Waals surface area contributed by atoms with Gasteiger partial charge in [0, 0.05) is 25.2 Å². The lowest BCUT2D eigenvalue weighted by atomic mass is 10.2. The van der Waals surface area contributed by atoms with Gasteiger partial charge in [0.2, 0.25) is 0 Å². The van der Waals surface area contributed by atoms with Crippen molar-refractivity contribution in [3.63, 3.8) is 0 Å². The number of hydrogen-bond donors (Lipinski definition) is 2. The first-order valence-corrected chi connectivity index (χ1v) is 5.85. The minimum Gasteiger partial charge on any atom is -0.491 e. The zero-order valence-corrected chi connectivity index (χ0v) is 9.99. The quantitative estimate of drug-likeness (QED) is 0.811. The van der Waals surface area contributed by atoms with Crippen LogP contribution in [0, 0.1) is 5.82 Å². The summed E-state index contributed by atoms with van der Waals surface area (Å²) in [4.78, 5) is 12.9. The summed E-state index contributed by atoms with van der Waals surface area (Å²) in [6.07, 6.45) is 0. The molecule has 3 N–H and O–H groups in total. The number of benzene rings is 1. The maximum Gasteiger partial charge on any atom is 0.317 e. The van der Waals surface area contributed by atoms with E-state index < -0.39 is 0 Å². The molecule has 98 valence electrons. The highest BCUT2D eigenvalue weighted by Gasteiger charge is 2.18. The first-order chi connectivity index (χ1) is 8.72. The summed E-state index contributed by atoms with van der Waals surface area (Å²) in [5.41, 5.74) is 5.84. The van der Waals surface area contributed by atoms with Gasteiger partial charge < -0.3 is 20.7 Å². The van der Waals surface area contributed by atoms with Gasteiger partial charge in [-0.25, -0.2) is 9.18 Å². The maximum atomic E-state index is 13.4. The molecule has 1 heterocycles. The zero-order chi connectivity index (χ0) is 13.0. The molecular weight excluding hydrogens is 237 g/mol. The Bertz CT molecular complexity index is 439. The van der Waals surface area contributed by atoms with Crippen LogP contribution in [0.25, 0.3) is 0 Å². The van der Waals surface area contributed by atoms with Crippen LogP contribution in [0.5, 0.6) is 5.75 Å². The molecule has 0 radical (unpaired) electrons. The van der Waals surface area contributed by atoms with E-state index >= 15 is 0 Å². The average molecular weight is 253 g/mol. The van der Waals surface area contributed by atoms with Gasteiger partial charge in [-0.05, 0) is 12.1 Å². The van der Waals surface area contributed by atoms with Crippen LogP contribution in [0.15, 0.2) is 18.2 Å². The van der Waals surface area contributed by atoms with Gasteiger partial charge in [0.1, 0.15) is 18.2 Å². The molecule has 0 bridgehead atoms. The van der Waals surface area contributed by atoms with E-state index in [4.69, 9.17) is 10.5 Å². The van der Waals surface area contributed by atoms with Crippen molar-refractivity contribution < 1.29 is 13.9 Å². The van der Waals surface area contributed by atoms with Gasteiger partial charge in [0.25, 0.3) is 0 Å². The highest BCUT2D eigenvalue weighted by atomic mass is 19.1. The van der Waals surface area contributed by atoms with Crippen molar-refractivity contribution in [1.29, 1.82) is 0 Å². The second-order valence-corrected chi connectivity index (χ2v) is 3.99. The third kappa shape index (κ3) is 2.70. The van der Waals surface area contributed by atoms with Crippen LogP contribution < -0.4 is 15.8 Å². The van der Waals surface area contributed by atoms with Crippen LogP contribution in [0.4, 0.5) is 9.18 Å². The van der Waals surface area contributed by atoms with Crippen molar-refractivity contribution in [3.05, 3.63) is 29.6 Å². The molecule has 18 heavy (non-hydrogen) atoms. The maximum absolute atomic E-state index is 13.4. The molecule has 1 aromatic carbocycles. The number of nitrogens with one attached hydrogen (secondary N) is 1. The van der Waals surface area contributed by atoms with Crippen molar-refractivity contribution in [3.8, 4) is 5.75 Å². The monoisotopic (exact) mass is 253 g/mol. The zero-order valence-electron chi connectivity index (χ0n) is 9.99. The largest absolute Gasteiger partial charge is 0.491 e. The number of hydrogen-bond acceptors (Lipinski definition) is 3. The Kier molecular flexibility index (Phi) is 3.99. The fourth-order valence-corrected chi connectivity index (χ4v) is 1.86. The molecular formula is C12H16FN3O2. The van der Waals surface area contributed by atoms with Crippen LogP contribution in [0.3, 0.4) is 0 Å². The van der Waals surface area contributed by atoms with Gasteiger partial charge in [-0.2, -0.15) is 0 Å². The second kappa shape index (κ2) is 5.68. The summed E-state index contributed by atoms with van der Waals surface area (Å²) in [6.45, 7) is 2.23. The number of carbonyl (C=O) groups excluding carboxylic acids is 1. The Hall–Kier alpha value is -1.82. The molecule has 1 aromatic rings. The van der Waals surface area contributed by atoms with Crippen LogP contribution >= 0.6 is 0 Å². The highest BCUT2D eigenvalue weighted by molar-refractivity contribution is 5.76. The van der Waals surface area contributed by atoms with Crippen molar-refractivity contribution in [1.82, 2.24) is 10.2 Å². The number of halogens is 1. The molecule has 0 spiro atoms. The molecule has 0 atom stereocenters. The van der Waals surface area contributed by atoms with Gasteiger partial charge in [0.05, 0.1) is 6.54 Å². The Labute approximate surface area is 105 Å². The number of carbonyl (C=O) groups is 1. The lowest BCUT2D eigenvalue weighted by Gasteiger charge is -2.16. The van der Waals surface area contributed by atoms with Crippen LogP contribution in [-0.4, -0.2) is 37.2 Å². The van der Waals surface area contributed by atoms with Gasteiger partial charge in [0.15, 0.2) is 0 Å². The second-order valence-electron chi connectivity index (χ2n) is 3.99. The summed E-state index contributed by atoms with van der Waals surface area (Å²) < 4.78 is 18.9. The summed E-state index contributed by atoms with van der Waals surface area (Å²) >= 11 is 0. The number of rotatable bonds is 5. The number of nitrogens with two attached hydrogens (primary N) is 1. The van der Waals surface area contributed by atoms with E-state index in [9.17, 15) is 9.18 Å². The van der Waals surface area contributed by atoms with Crippen molar-refractivity contribution in [2.75, 3.05) is 26.2 Å². The smallest absolute Gasteiger partial charge is 0.317 e. The molecule has 1 aliphatic heterocycles. The van der Waals surface area contributed by atoms with Crippen molar-refractivity contribution in [2.24, 2.45) is 5.73 Å². The summed E-state index contributed by atoms with van der Waals surface area (Å²) in [5, 5.41) is 2.70. The summed E-state index contributed by atoms with van der Waals surface area (Å²) in [6, 6.07) is 4.52. The molecule has 2 rings (SSSR count). The van der Waals surface area contributed by atoms with E-state index in [0.717, 1.165) is 0 Å². The molecule has 0 aliphatic carbocycles. The average Bonchev–Trinajstić information content (AvgIpc) is 2.75. The number of urea groups is 1. The van der Waals surface area contributed by atoms with Crippen LogP contribution in [0.1, 0.15) is 5.56 Å². The van der Waals surface area contributed by atoms with E-state index in [1.165, 1.54) is 6.07 Å². The number of ether oxygens (including phenoxy) is 1. The van der Waals surface area contributed by atoms with Gasteiger partial charge in [-0.3, -0.25) is 0 Å². The minimum absolute atomic E-state index is 0.0862. The van der Waals surface area contributed by atoms with E-state index in [1.807, 2.05) is 0 Å². The third-order valence-electron chi connectivity index (χ3n) is 2.84. The van der Waals surface area contributed by atoms with Crippen LogP contribution in [-0.2, 0) is 6.54 Å². The van der Waals surface area contributed by atoms with Crippen LogP contribution in [0.2, 0.25) is 0 Å². The first kappa shape index (κ1) is 12.6. The minimum atomic E-state index is -0.367. The van der Waals surface area contributed by atoms with E-state index in [1.54, 1.807) is 17.0 Å². The van der Waals surface area contributed by atoms with Gasteiger partial charge >= 0.3 is 6.03 Å². The van der Waals surface area contributed by atoms with E-state index in [2.05, 4.69) is 5.32 Å². The Morgan fingerprint density at radius 1 is 1.50 bits per heavy atom. The molecule has 0 saturated carbocycles. The molecule has 0 aromatic heterocycles. The molecule has 1 saturated heterocycles. The topological polar surface area (TPSA) is 67.6 Å². The van der Waals surface area contributed by atoms with E-state index in [-0.39, 0.29) is 18.4 Å². The molecule has 0 unspecified atom stereocenters. The van der Waals surface area contributed by atoms with Gasteiger partial charge in [-0.15, -0.1) is 0 Å². The molecule has 5 nitrogen and oxygen atoms in total. The van der Waals surface area contributed by atoms with Crippen molar-refractivity contribution >= 4 is 6.03 Å². The lowest BCUT2D eigenvalue weighted by Crippen LogP contribution is -2.32. The summed E-state index contributed by atoms with van der Waals surface area (Å²) in [7, 11) is 0. The fourth-order valence-electron chi connectivity index (χ4n) is 1.86. The molecule has 1 fully saturated rings. The molecule has 2 amide bonds. The number of amides is 2. The molecule has 1 aliphatic rings. The Balaban J connectivity index is 1.90. The summed E-state index contributed by atoms with van der Waals surface area (Å²) in [5.74, 6) is 0.0750. The predicted molar refractivity (Wildman–Crippen MR) is 64.8 cm³/mol. The Morgan fingerprint density at radius 3 is 3.00 bits per heavy atom. The fraction of sp³-hybridized carbons (Fsp3) is 0.417. The lowest BCUT2D eigenvalue weighted by molar-refractivity contribution is 0.202.